The van der Waals surface area contributed by atoms with Crippen LogP contribution in [0.25, 0.3) is 0 Å². The van der Waals surface area contributed by atoms with E-state index in [1.54, 1.807) is 23.1 Å². The van der Waals surface area contributed by atoms with Gasteiger partial charge in [-0.25, -0.2) is 4.98 Å². The topological polar surface area (TPSA) is 80.0 Å². The van der Waals surface area contributed by atoms with Crippen molar-refractivity contribution < 1.29 is 0 Å². The fourth-order valence-electron chi connectivity index (χ4n) is 3.63. The number of aromatic nitrogens is 4. The van der Waals surface area contributed by atoms with E-state index in [4.69, 9.17) is 0 Å². The fourth-order valence-corrected chi connectivity index (χ4v) is 4.99. The standard InChI is InChI=1S/C19H31N7S2/c1-14-13-23-17(28-14)10-12-22-18(20-2)21-11-6-9-16-24-25-19(27-3)26(16)15-7-4-5-8-15/h13,15H,4-12H2,1-3H3,(H2,20,21,22). The molecule has 2 N–H and O–H groups in total. The maximum atomic E-state index is 4.47. The molecule has 3 rings (SSSR count). The van der Waals surface area contributed by atoms with E-state index in [0.29, 0.717) is 6.04 Å². The van der Waals surface area contributed by atoms with Crippen molar-refractivity contribution in [3.8, 4) is 0 Å². The molecule has 2 aromatic rings. The van der Waals surface area contributed by atoms with Gasteiger partial charge in [-0.15, -0.1) is 21.5 Å². The van der Waals surface area contributed by atoms with Crippen LogP contribution in [-0.4, -0.2) is 52.1 Å². The first-order chi connectivity index (χ1) is 13.7. The zero-order chi connectivity index (χ0) is 19.8. The van der Waals surface area contributed by atoms with Crippen LogP contribution >= 0.6 is 23.1 Å². The number of hydrogen-bond donors (Lipinski definition) is 2. The molecule has 9 heteroatoms. The summed E-state index contributed by atoms with van der Waals surface area (Å²) in [5.74, 6) is 1.97. The molecule has 0 aromatic carbocycles. The number of thioether (sulfide) groups is 1. The summed E-state index contributed by atoms with van der Waals surface area (Å²) in [7, 11) is 1.81. The Morgan fingerprint density at radius 1 is 1.25 bits per heavy atom. The van der Waals surface area contributed by atoms with Crippen molar-refractivity contribution in [2.75, 3.05) is 26.4 Å². The van der Waals surface area contributed by atoms with Gasteiger partial charge in [-0.1, -0.05) is 24.6 Å². The average molecular weight is 422 g/mol. The van der Waals surface area contributed by atoms with E-state index >= 15 is 0 Å². The summed E-state index contributed by atoms with van der Waals surface area (Å²) in [5, 5.41) is 17.8. The lowest BCUT2D eigenvalue weighted by atomic mass is 10.2. The first-order valence-electron chi connectivity index (χ1n) is 10.0. The van der Waals surface area contributed by atoms with E-state index in [9.17, 15) is 0 Å². The van der Waals surface area contributed by atoms with E-state index in [1.165, 1.54) is 30.6 Å². The van der Waals surface area contributed by atoms with Crippen molar-refractivity contribution in [2.45, 2.75) is 63.1 Å². The molecule has 0 saturated heterocycles. The zero-order valence-corrected chi connectivity index (χ0v) is 18.7. The fraction of sp³-hybridized carbons (Fsp3) is 0.684. The third kappa shape index (κ3) is 5.70. The van der Waals surface area contributed by atoms with Gasteiger partial charge in [-0.2, -0.15) is 0 Å². The Balaban J connectivity index is 1.41. The third-order valence-electron chi connectivity index (χ3n) is 5.00. The highest BCUT2D eigenvalue weighted by atomic mass is 32.2. The summed E-state index contributed by atoms with van der Waals surface area (Å²) in [4.78, 5) is 9.96. The Labute approximate surface area is 175 Å². The van der Waals surface area contributed by atoms with Gasteiger partial charge in [0.2, 0.25) is 0 Å². The number of rotatable bonds is 9. The minimum absolute atomic E-state index is 0.587. The Morgan fingerprint density at radius 2 is 2.04 bits per heavy atom. The number of hydrogen-bond acceptors (Lipinski definition) is 6. The molecule has 0 aliphatic heterocycles. The normalized spacial score (nSPS) is 15.3. The van der Waals surface area contributed by atoms with Crippen molar-refractivity contribution in [1.82, 2.24) is 30.4 Å². The van der Waals surface area contributed by atoms with Gasteiger partial charge in [0.1, 0.15) is 5.82 Å². The van der Waals surface area contributed by atoms with Crippen LogP contribution in [-0.2, 0) is 12.8 Å². The van der Waals surface area contributed by atoms with Crippen LogP contribution in [0.4, 0.5) is 0 Å². The largest absolute Gasteiger partial charge is 0.356 e. The lowest BCUT2D eigenvalue weighted by Gasteiger charge is -2.16. The molecule has 0 radical (unpaired) electrons. The summed E-state index contributed by atoms with van der Waals surface area (Å²) >= 11 is 3.45. The molecule has 0 amide bonds. The second kappa shape index (κ2) is 10.8. The minimum atomic E-state index is 0.587. The highest BCUT2D eigenvalue weighted by Crippen LogP contribution is 2.33. The maximum Gasteiger partial charge on any atom is 0.191 e. The summed E-state index contributed by atoms with van der Waals surface area (Å²) < 4.78 is 2.39. The predicted molar refractivity (Wildman–Crippen MR) is 118 cm³/mol. The molecule has 28 heavy (non-hydrogen) atoms. The number of aryl methyl sites for hydroxylation is 2. The van der Waals surface area contributed by atoms with Crippen molar-refractivity contribution >= 4 is 29.1 Å². The van der Waals surface area contributed by atoms with Gasteiger partial charge in [-0.3, -0.25) is 4.99 Å². The number of thiazole rings is 1. The molecule has 154 valence electrons. The lowest BCUT2D eigenvalue weighted by Crippen LogP contribution is -2.38. The van der Waals surface area contributed by atoms with Crippen LogP contribution in [0.3, 0.4) is 0 Å². The van der Waals surface area contributed by atoms with Crippen LogP contribution in [0, 0.1) is 6.92 Å². The smallest absolute Gasteiger partial charge is 0.191 e. The molecule has 2 aromatic heterocycles. The van der Waals surface area contributed by atoms with Crippen molar-refractivity contribution in [1.29, 1.82) is 0 Å². The molecular formula is C19H31N7S2. The second-order valence-electron chi connectivity index (χ2n) is 7.06. The molecule has 1 fully saturated rings. The van der Waals surface area contributed by atoms with E-state index in [2.05, 4.69) is 48.6 Å². The SMILES string of the molecule is CN=C(NCCCc1nnc(SC)n1C1CCCC1)NCCc1ncc(C)s1. The number of guanidine groups is 1. The van der Waals surface area contributed by atoms with Gasteiger partial charge in [0.15, 0.2) is 11.1 Å². The summed E-state index contributed by atoms with van der Waals surface area (Å²) in [6.07, 6.45) is 12.0. The maximum absolute atomic E-state index is 4.47. The van der Waals surface area contributed by atoms with E-state index in [0.717, 1.165) is 54.3 Å². The van der Waals surface area contributed by atoms with Gasteiger partial charge in [-0.05, 0) is 32.4 Å². The molecule has 1 aliphatic rings. The highest BCUT2D eigenvalue weighted by Gasteiger charge is 2.23. The van der Waals surface area contributed by atoms with Crippen molar-refractivity contribution in [3.63, 3.8) is 0 Å². The Hall–Kier alpha value is -1.61. The van der Waals surface area contributed by atoms with Crippen LogP contribution < -0.4 is 10.6 Å². The number of aliphatic imine (C=N–C) groups is 1. The van der Waals surface area contributed by atoms with Crippen LogP contribution in [0.2, 0.25) is 0 Å². The quantitative estimate of drug-likeness (QED) is 0.280. The summed E-state index contributed by atoms with van der Waals surface area (Å²) in [6, 6.07) is 0.587. The first-order valence-corrected chi connectivity index (χ1v) is 12.1. The molecule has 7 nitrogen and oxygen atoms in total. The summed E-state index contributed by atoms with van der Waals surface area (Å²) in [5.41, 5.74) is 0. The molecule has 2 heterocycles. The number of nitrogens with one attached hydrogen (secondary N) is 2. The Morgan fingerprint density at radius 3 is 2.71 bits per heavy atom. The van der Waals surface area contributed by atoms with Crippen LogP contribution in [0.15, 0.2) is 16.3 Å². The third-order valence-corrected chi connectivity index (χ3v) is 6.62. The first kappa shape index (κ1) is 21.1. The predicted octanol–water partition coefficient (Wildman–Crippen LogP) is 3.22. The molecule has 0 unspecified atom stereocenters. The monoisotopic (exact) mass is 421 g/mol. The minimum Gasteiger partial charge on any atom is -0.356 e. The van der Waals surface area contributed by atoms with Gasteiger partial charge in [0.05, 0.1) is 5.01 Å². The van der Waals surface area contributed by atoms with Gasteiger partial charge >= 0.3 is 0 Å². The van der Waals surface area contributed by atoms with Gasteiger partial charge in [0, 0.05) is 50.1 Å². The lowest BCUT2D eigenvalue weighted by molar-refractivity contribution is 0.460. The van der Waals surface area contributed by atoms with E-state index < -0.39 is 0 Å². The van der Waals surface area contributed by atoms with E-state index in [1.807, 2.05) is 13.2 Å². The zero-order valence-electron chi connectivity index (χ0n) is 17.1. The van der Waals surface area contributed by atoms with Crippen molar-refractivity contribution in [3.05, 3.63) is 21.9 Å². The number of nitrogens with zero attached hydrogens (tertiary/aromatic N) is 5. The van der Waals surface area contributed by atoms with Gasteiger partial charge in [0.25, 0.3) is 0 Å². The molecule has 0 bridgehead atoms. The average Bonchev–Trinajstić information content (AvgIpc) is 3.44. The Kier molecular flexibility index (Phi) is 8.14. The van der Waals surface area contributed by atoms with Gasteiger partial charge < -0.3 is 15.2 Å². The molecule has 0 spiro atoms. The highest BCUT2D eigenvalue weighted by molar-refractivity contribution is 7.98. The van der Waals surface area contributed by atoms with Crippen LogP contribution in [0.5, 0.6) is 0 Å². The van der Waals surface area contributed by atoms with E-state index in [-0.39, 0.29) is 0 Å². The second-order valence-corrected chi connectivity index (χ2v) is 9.15. The van der Waals surface area contributed by atoms with Crippen LogP contribution in [0.1, 0.15) is 53.9 Å². The molecule has 0 atom stereocenters. The Bertz CT molecular complexity index is 762. The molecule has 1 aliphatic carbocycles. The van der Waals surface area contributed by atoms with Crippen molar-refractivity contribution in [2.24, 2.45) is 4.99 Å². The summed E-state index contributed by atoms with van der Waals surface area (Å²) in [6.45, 7) is 3.78. The molecular weight excluding hydrogens is 390 g/mol. The molecule has 1 saturated carbocycles.